The summed E-state index contributed by atoms with van der Waals surface area (Å²) in [5, 5.41) is 6.46. The van der Waals surface area contributed by atoms with E-state index in [0.717, 1.165) is 24.9 Å². The number of rotatable bonds is 4. The van der Waals surface area contributed by atoms with Gasteiger partial charge in [-0.05, 0) is 56.1 Å². The number of benzene rings is 2. The highest BCUT2D eigenvalue weighted by Crippen LogP contribution is 2.24. The Hall–Kier alpha value is -2.99. The number of nitrogens with one attached hydrogen (secondary N) is 2. The summed E-state index contributed by atoms with van der Waals surface area (Å²) in [6.45, 7) is 3.20. The lowest BCUT2D eigenvalue weighted by molar-refractivity contribution is 0.0642. The molecule has 2 heterocycles. The molecule has 2 aliphatic heterocycles. The van der Waals surface area contributed by atoms with E-state index in [0.29, 0.717) is 16.7 Å². The van der Waals surface area contributed by atoms with E-state index in [4.69, 9.17) is 0 Å². The van der Waals surface area contributed by atoms with Gasteiger partial charge in [-0.1, -0.05) is 24.3 Å². The quantitative estimate of drug-likeness (QED) is 0.802. The summed E-state index contributed by atoms with van der Waals surface area (Å²) in [6, 6.07) is 14.3. The minimum Gasteiger partial charge on any atom is -0.348 e. The highest BCUT2D eigenvalue weighted by Gasteiger charge is 2.35. The van der Waals surface area contributed by atoms with Crippen molar-refractivity contribution < 1.29 is 14.4 Å². The molecule has 2 aromatic rings. The van der Waals surface area contributed by atoms with Crippen LogP contribution in [0.4, 0.5) is 0 Å². The number of piperidine rings is 1. The van der Waals surface area contributed by atoms with Gasteiger partial charge in [0.05, 0.1) is 17.7 Å². The Bertz CT molecular complexity index is 905. The molecule has 2 atom stereocenters. The maximum atomic E-state index is 12.7. The van der Waals surface area contributed by atoms with Gasteiger partial charge in [0.1, 0.15) is 0 Å². The second-order valence-electron chi connectivity index (χ2n) is 7.41. The fraction of sp³-hybridized carbons (Fsp3) is 0.318. The third kappa shape index (κ3) is 3.43. The molecule has 2 aromatic carbocycles. The molecule has 4 rings (SSSR count). The van der Waals surface area contributed by atoms with Crippen molar-refractivity contribution in [1.29, 1.82) is 0 Å². The standard InChI is InChI=1S/C22H23N3O3/c1-14-19(10-5-11-23-14)24-20(26)16-7-4-6-15(12-16)13-25-21(27)17-8-2-3-9-18(17)22(25)28/h2-4,6-9,12,14,19,23H,5,10-11,13H2,1H3,(H,24,26). The fourth-order valence-corrected chi connectivity index (χ4v) is 3.87. The molecular formula is C22H23N3O3. The summed E-state index contributed by atoms with van der Waals surface area (Å²) in [4.78, 5) is 39.0. The molecule has 0 aliphatic carbocycles. The average Bonchev–Trinajstić information content (AvgIpc) is 2.95. The van der Waals surface area contributed by atoms with E-state index >= 15 is 0 Å². The molecule has 0 bridgehead atoms. The number of fused-ring (bicyclic) bond motifs is 1. The van der Waals surface area contributed by atoms with Crippen LogP contribution in [0.1, 0.15) is 56.4 Å². The highest BCUT2D eigenvalue weighted by atomic mass is 16.2. The second-order valence-corrected chi connectivity index (χ2v) is 7.41. The van der Waals surface area contributed by atoms with Crippen molar-refractivity contribution in [3.8, 4) is 0 Å². The number of nitrogens with zero attached hydrogens (tertiary/aromatic N) is 1. The van der Waals surface area contributed by atoms with E-state index in [1.165, 1.54) is 4.90 Å². The molecule has 2 N–H and O–H groups in total. The third-order valence-electron chi connectivity index (χ3n) is 5.49. The van der Waals surface area contributed by atoms with Gasteiger partial charge in [0, 0.05) is 17.6 Å². The lowest BCUT2D eigenvalue weighted by Crippen LogP contribution is -2.51. The van der Waals surface area contributed by atoms with Crippen LogP contribution in [0.2, 0.25) is 0 Å². The van der Waals surface area contributed by atoms with Crippen molar-refractivity contribution in [2.24, 2.45) is 0 Å². The van der Waals surface area contributed by atoms with Gasteiger partial charge < -0.3 is 10.6 Å². The summed E-state index contributed by atoms with van der Waals surface area (Å²) < 4.78 is 0. The Labute approximate surface area is 163 Å². The molecule has 28 heavy (non-hydrogen) atoms. The van der Waals surface area contributed by atoms with Gasteiger partial charge in [0.25, 0.3) is 17.7 Å². The zero-order chi connectivity index (χ0) is 19.7. The molecule has 0 saturated carbocycles. The van der Waals surface area contributed by atoms with Crippen LogP contribution in [-0.2, 0) is 6.54 Å². The Morgan fingerprint density at radius 3 is 2.50 bits per heavy atom. The summed E-state index contributed by atoms with van der Waals surface area (Å²) in [6.07, 6.45) is 1.99. The summed E-state index contributed by atoms with van der Waals surface area (Å²) in [5.41, 5.74) is 2.14. The van der Waals surface area contributed by atoms with Crippen molar-refractivity contribution in [1.82, 2.24) is 15.5 Å². The van der Waals surface area contributed by atoms with Gasteiger partial charge in [0.15, 0.2) is 0 Å². The number of carbonyl (C=O) groups is 3. The lowest BCUT2D eigenvalue weighted by atomic mass is 9.99. The molecular weight excluding hydrogens is 354 g/mol. The van der Waals surface area contributed by atoms with Crippen LogP contribution in [0.3, 0.4) is 0 Å². The third-order valence-corrected chi connectivity index (χ3v) is 5.49. The summed E-state index contributed by atoms with van der Waals surface area (Å²) in [5.74, 6) is -0.722. The van der Waals surface area contributed by atoms with Crippen LogP contribution in [-0.4, -0.2) is 41.2 Å². The van der Waals surface area contributed by atoms with Crippen molar-refractivity contribution >= 4 is 17.7 Å². The number of imide groups is 1. The molecule has 144 valence electrons. The van der Waals surface area contributed by atoms with Crippen LogP contribution in [0.25, 0.3) is 0 Å². The fourth-order valence-electron chi connectivity index (χ4n) is 3.87. The molecule has 1 saturated heterocycles. The molecule has 6 nitrogen and oxygen atoms in total. The highest BCUT2D eigenvalue weighted by molar-refractivity contribution is 6.21. The largest absolute Gasteiger partial charge is 0.348 e. The number of hydrogen-bond acceptors (Lipinski definition) is 4. The predicted octanol–water partition coefficient (Wildman–Crippen LogP) is 2.35. The van der Waals surface area contributed by atoms with Gasteiger partial charge >= 0.3 is 0 Å². The van der Waals surface area contributed by atoms with E-state index in [1.807, 2.05) is 6.07 Å². The van der Waals surface area contributed by atoms with E-state index in [2.05, 4.69) is 17.6 Å². The van der Waals surface area contributed by atoms with Gasteiger partial charge in [0.2, 0.25) is 0 Å². The molecule has 6 heteroatoms. The number of amides is 3. The Morgan fingerprint density at radius 1 is 1.11 bits per heavy atom. The SMILES string of the molecule is CC1NCCCC1NC(=O)c1cccc(CN2C(=O)c3ccccc3C2=O)c1. The van der Waals surface area contributed by atoms with E-state index in [-0.39, 0.29) is 36.3 Å². The van der Waals surface area contributed by atoms with Crippen molar-refractivity contribution in [2.45, 2.75) is 38.4 Å². The summed E-state index contributed by atoms with van der Waals surface area (Å²) in [7, 11) is 0. The van der Waals surface area contributed by atoms with Crippen LogP contribution >= 0.6 is 0 Å². The van der Waals surface area contributed by atoms with E-state index < -0.39 is 0 Å². The van der Waals surface area contributed by atoms with Crippen molar-refractivity contribution in [3.63, 3.8) is 0 Å². The van der Waals surface area contributed by atoms with Crippen molar-refractivity contribution in [3.05, 3.63) is 70.8 Å². The zero-order valence-electron chi connectivity index (χ0n) is 15.8. The topological polar surface area (TPSA) is 78.5 Å². The molecule has 0 radical (unpaired) electrons. The molecule has 2 unspecified atom stereocenters. The lowest BCUT2D eigenvalue weighted by Gasteiger charge is -2.30. The molecule has 0 spiro atoms. The first kappa shape index (κ1) is 18.4. The van der Waals surface area contributed by atoms with Crippen molar-refractivity contribution in [2.75, 3.05) is 6.54 Å². The second kappa shape index (κ2) is 7.56. The molecule has 0 aromatic heterocycles. The van der Waals surface area contributed by atoms with Crippen LogP contribution in [0.5, 0.6) is 0 Å². The minimum atomic E-state index is -0.294. The van der Waals surface area contributed by atoms with E-state index in [1.54, 1.807) is 42.5 Å². The average molecular weight is 377 g/mol. The number of carbonyl (C=O) groups excluding carboxylic acids is 3. The monoisotopic (exact) mass is 377 g/mol. The molecule has 2 aliphatic rings. The maximum Gasteiger partial charge on any atom is 0.261 e. The van der Waals surface area contributed by atoms with Gasteiger partial charge in [-0.2, -0.15) is 0 Å². The van der Waals surface area contributed by atoms with Crippen LogP contribution < -0.4 is 10.6 Å². The first-order valence-electron chi connectivity index (χ1n) is 9.63. The Morgan fingerprint density at radius 2 is 1.82 bits per heavy atom. The number of hydrogen-bond donors (Lipinski definition) is 2. The molecule has 1 fully saturated rings. The van der Waals surface area contributed by atoms with Gasteiger partial charge in [-0.15, -0.1) is 0 Å². The molecule has 3 amide bonds. The normalized spacial score (nSPS) is 21.5. The maximum absolute atomic E-state index is 12.7. The Kier molecular flexibility index (Phi) is 4.96. The first-order chi connectivity index (χ1) is 13.5. The van der Waals surface area contributed by atoms with E-state index in [9.17, 15) is 14.4 Å². The Balaban J connectivity index is 1.48. The van der Waals surface area contributed by atoms with Gasteiger partial charge in [-0.25, -0.2) is 0 Å². The summed E-state index contributed by atoms with van der Waals surface area (Å²) >= 11 is 0. The van der Waals surface area contributed by atoms with Crippen LogP contribution in [0, 0.1) is 0 Å². The first-order valence-corrected chi connectivity index (χ1v) is 9.63. The van der Waals surface area contributed by atoms with Crippen LogP contribution in [0.15, 0.2) is 48.5 Å². The smallest absolute Gasteiger partial charge is 0.261 e. The zero-order valence-corrected chi connectivity index (χ0v) is 15.8. The van der Waals surface area contributed by atoms with Gasteiger partial charge in [-0.3, -0.25) is 19.3 Å². The minimum absolute atomic E-state index is 0.0983. The predicted molar refractivity (Wildman–Crippen MR) is 105 cm³/mol.